The van der Waals surface area contributed by atoms with Crippen molar-refractivity contribution in [2.75, 3.05) is 0 Å². The smallest absolute Gasteiger partial charge is 0.380 e. The fourth-order valence-corrected chi connectivity index (χ4v) is 4.70. The lowest BCUT2D eigenvalue weighted by Crippen LogP contribution is -2.25. The number of aryl methyl sites for hydroxylation is 1. The van der Waals surface area contributed by atoms with E-state index in [4.69, 9.17) is 0 Å². The van der Waals surface area contributed by atoms with Gasteiger partial charge >= 0.3 is 11.9 Å². The zero-order valence-electron chi connectivity index (χ0n) is 20.1. The quantitative estimate of drug-likeness (QED) is 0.259. The van der Waals surface area contributed by atoms with E-state index in [1.54, 1.807) is 24.3 Å². The molecular weight excluding hydrogens is 488 g/mol. The standard InChI is InChI=1S/C28H24F4N2O3/c1-27(12-13-27)15-34-21-11-10-19(22(29)23(21)33(2)26(34)37)18-9-8-17(28(30,31)32)14-20(18)25(36)24(35)16-6-4-3-5-7-16/h3-11,14,25,36H,12-13,15H2,1-2H3. The summed E-state index contributed by atoms with van der Waals surface area (Å²) in [6.45, 7) is 2.47. The molecule has 192 valence electrons. The minimum Gasteiger partial charge on any atom is -0.380 e. The van der Waals surface area contributed by atoms with E-state index >= 15 is 4.39 Å². The second-order valence-electron chi connectivity index (χ2n) is 9.97. The molecule has 1 fully saturated rings. The molecule has 3 aromatic carbocycles. The maximum Gasteiger partial charge on any atom is 0.416 e. The number of Topliss-reactive ketones (excluding diaryl/α,β-unsaturated/α-hetero) is 1. The maximum atomic E-state index is 16.0. The van der Waals surface area contributed by atoms with Crippen molar-refractivity contribution >= 4 is 16.8 Å². The van der Waals surface area contributed by atoms with Crippen LogP contribution in [0.5, 0.6) is 0 Å². The first kappa shape index (κ1) is 25.0. The van der Waals surface area contributed by atoms with Crippen molar-refractivity contribution in [3.63, 3.8) is 0 Å². The third-order valence-electron chi connectivity index (χ3n) is 7.15. The number of carbonyl (C=O) groups excluding carboxylic acids is 1. The van der Waals surface area contributed by atoms with Crippen LogP contribution in [0, 0.1) is 11.2 Å². The Morgan fingerprint density at radius 2 is 1.70 bits per heavy atom. The highest BCUT2D eigenvalue weighted by Crippen LogP contribution is 2.47. The van der Waals surface area contributed by atoms with E-state index < -0.39 is 35.1 Å². The van der Waals surface area contributed by atoms with Gasteiger partial charge in [-0.05, 0) is 53.6 Å². The van der Waals surface area contributed by atoms with Crippen LogP contribution >= 0.6 is 0 Å². The fourth-order valence-electron chi connectivity index (χ4n) is 4.70. The molecule has 1 heterocycles. The van der Waals surface area contributed by atoms with Crippen LogP contribution in [-0.4, -0.2) is 20.0 Å². The number of rotatable bonds is 6. The van der Waals surface area contributed by atoms with E-state index in [0.717, 1.165) is 25.0 Å². The average molecular weight is 513 g/mol. The van der Waals surface area contributed by atoms with Gasteiger partial charge in [0, 0.05) is 24.7 Å². The van der Waals surface area contributed by atoms with Crippen LogP contribution < -0.4 is 5.69 Å². The Labute approximate surface area is 209 Å². The number of nitrogens with zero attached hydrogens (tertiary/aromatic N) is 2. The van der Waals surface area contributed by atoms with Gasteiger partial charge in [0.15, 0.2) is 11.6 Å². The lowest BCUT2D eigenvalue weighted by Gasteiger charge is -2.18. The molecule has 5 nitrogen and oxygen atoms in total. The molecule has 1 N–H and O–H groups in total. The molecule has 37 heavy (non-hydrogen) atoms. The normalized spacial score (nSPS) is 15.6. The Morgan fingerprint density at radius 1 is 1.05 bits per heavy atom. The maximum absolute atomic E-state index is 16.0. The van der Waals surface area contributed by atoms with Crippen LogP contribution in [0.4, 0.5) is 17.6 Å². The Kier molecular flexibility index (Phi) is 5.86. The molecule has 0 amide bonds. The SMILES string of the molecule is Cn1c(=O)n(CC2(C)CC2)c2ccc(-c3ccc(C(F)(F)F)cc3C(O)C(=O)c3ccccc3)c(F)c21. The van der Waals surface area contributed by atoms with E-state index in [1.165, 1.54) is 34.4 Å². The van der Waals surface area contributed by atoms with Gasteiger partial charge in [-0.1, -0.05) is 43.3 Å². The summed E-state index contributed by atoms with van der Waals surface area (Å²) in [7, 11) is 1.44. The number of benzene rings is 3. The van der Waals surface area contributed by atoms with Crippen LogP contribution in [0.3, 0.4) is 0 Å². The number of ketones is 1. The van der Waals surface area contributed by atoms with Gasteiger partial charge in [0.2, 0.25) is 0 Å². The van der Waals surface area contributed by atoms with Gasteiger partial charge in [-0.2, -0.15) is 13.2 Å². The highest BCUT2D eigenvalue weighted by atomic mass is 19.4. The first-order valence-corrected chi connectivity index (χ1v) is 11.8. The fraction of sp³-hybridized carbons (Fsp3) is 0.286. The zero-order valence-corrected chi connectivity index (χ0v) is 20.1. The summed E-state index contributed by atoms with van der Waals surface area (Å²) in [6, 6.07) is 13.1. The Morgan fingerprint density at radius 3 is 2.32 bits per heavy atom. The summed E-state index contributed by atoms with van der Waals surface area (Å²) in [5.74, 6) is -1.64. The van der Waals surface area contributed by atoms with Gasteiger partial charge in [0.05, 0.1) is 11.1 Å². The number of carbonyl (C=O) groups is 1. The first-order chi connectivity index (χ1) is 17.4. The molecule has 0 bridgehead atoms. The molecule has 1 unspecified atom stereocenters. The monoisotopic (exact) mass is 512 g/mol. The second-order valence-corrected chi connectivity index (χ2v) is 9.97. The molecule has 1 aromatic heterocycles. The third kappa shape index (κ3) is 4.37. The topological polar surface area (TPSA) is 64.2 Å². The van der Waals surface area contributed by atoms with E-state index in [2.05, 4.69) is 0 Å². The predicted octanol–water partition coefficient (Wildman–Crippen LogP) is 5.88. The molecule has 1 atom stereocenters. The molecule has 0 spiro atoms. The van der Waals surface area contributed by atoms with Crippen molar-refractivity contribution in [3.05, 3.63) is 93.7 Å². The molecule has 1 aliphatic carbocycles. The molecule has 0 aliphatic heterocycles. The lowest BCUT2D eigenvalue weighted by molar-refractivity contribution is -0.137. The van der Waals surface area contributed by atoms with E-state index in [0.29, 0.717) is 18.1 Å². The summed E-state index contributed by atoms with van der Waals surface area (Å²) < 4.78 is 59.3. The molecule has 1 saturated carbocycles. The van der Waals surface area contributed by atoms with Crippen molar-refractivity contribution in [1.82, 2.24) is 9.13 Å². The number of fused-ring (bicyclic) bond motifs is 1. The predicted molar refractivity (Wildman–Crippen MR) is 131 cm³/mol. The van der Waals surface area contributed by atoms with Crippen LogP contribution in [0.2, 0.25) is 0 Å². The van der Waals surface area contributed by atoms with E-state index in [1.807, 2.05) is 6.92 Å². The lowest BCUT2D eigenvalue weighted by atomic mass is 9.90. The molecule has 5 rings (SSSR count). The highest BCUT2D eigenvalue weighted by molar-refractivity contribution is 6.01. The molecular formula is C28H24F4N2O3. The first-order valence-electron chi connectivity index (χ1n) is 11.8. The number of aliphatic hydroxyl groups excluding tert-OH is 1. The molecule has 4 aromatic rings. The van der Waals surface area contributed by atoms with Gasteiger partial charge in [-0.15, -0.1) is 0 Å². The van der Waals surface area contributed by atoms with Crippen molar-refractivity contribution in [2.45, 2.75) is 38.6 Å². The van der Waals surface area contributed by atoms with Gasteiger partial charge < -0.3 is 5.11 Å². The minimum atomic E-state index is -4.74. The van der Waals surface area contributed by atoms with Gasteiger partial charge in [0.1, 0.15) is 11.6 Å². The van der Waals surface area contributed by atoms with Crippen molar-refractivity contribution in [3.8, 4) is 11.1 Å². The summed E-state index contributed by atoms with van der Waals surface area (Å²) in [5, 5.41) is 10.9. The average Bonchev–Trinajstić information content (AvgIpc) is 3.56. The van der Waals surface area contributed by atoms with Gasteiger partial charge in [-0.3, -0.25) is 13.9 Å². The number of aromatic nitrogens is 2. The Hall–Kier alpha value is -3.72. The van der Waals surface area contributed by atoms with Crippen molar-refractivity contribution in [2.24, 2.45) is 12.5 Å². The summed E-state index contributed by atoms with van der Waals surface area (Å²) in [4.78, 5) is 25.9. The summed E-state index contributed by atoms with van der Waals surface area (Å²) in [6.07, 6.45) is -4.80. The summed E-state index contributed by atoms with van der Waals surface area (Å²) >= 11 is 0. The minimum absolute atomic E-state index is 0.00136. The van der Waals surface area contributed by atoms with Gasteiger partial charge in [-0.25, -0.2) is 9.18 Å². The van der Waals surface area contributed by atoms with Crippen LogP contribution in [0.15, 0.2) is 65.5 Å². The number of imidazole rings is 1. The molecule has 9 heteroatoms. The largest absolute Gasteiger partial charge is 0.416 e. The van der Waals surface area contributed by atoms with Crippen LogP contribution in [0.1, 0.15) is 47.4 Å². The number of hydrogen-bond donors (Lipinski definition) is 1. The highest BCUT2D eigenvalue weighted by Gasteiger charge is 2.39. The number of halogens is 4. The summed E-state index contributed by atoms with van der Waals surface area (Å²) in [5.41, 5.74) is -1.61. The van der Waals surface area contributed by atoms with Crippen molar-refractivity contribution in [1.29, 1.82) is 0 Å². The molecule has 0 radical (unpaired) electrons. The molecule has 1 aliphatic rings. The Bertz CT molecular complexity index is 1580. The Balaban J connectivity index is 1.69. The van der Waals surface area contributed by atoms with E-state index in [-0.39, 0.29) is 33.2 Å². The molecule has 0 saturated heterocycles. The number of hydrogen-bond acceptors (Lipinski definition) is 3. The number of alkyl halides is 3. The zero-order chi connectivity index (χ0) is 26.7. The van der Waals surface area contributed by atoms with Gasteiger partial charge in [0.25, 0.3) is 0 Å². The third-order valence-corrected chi connectivity index (χ3v) is 7.15. The second kappa shape index (κ2) is 8.69. The van der Waals surface area contributed by atoms with Crippen LogP contribution in [-0.2, 0) is 19.8 Å². The number of aliphatic hydroxyl groups is 1. The van der Waals surface area contributed by atoms with Crippen LogP contribution in [0.25, 0.3) is 22.2 Å². The van der Waals surface area contributed by atoms with Crippen molar-refractivity contribution < 1.29 is 27.5 Å². The van der Waals surface area contributed by atoms with E-state index in [9.17, 15) is 27.9 Å².